The molecule has 0 bridgehead atoms. The first-order valence-corrected chi connectivity index (χ1v) is 16.2. The third-order valence-electron chi connectivity index (χ3n) is 7.95. The molecule has 2 heterocycles. The lowest BCUT2D eigenvalue weighted by atomic mass is 9.94. The van der Waals surface area contributed by atoms with Crippen molar-refractivity contribution < 1.29 is 0 Å². The molecule has 228 valence electrons. The number of nitrogens with one attached hydrogen (secondary N) is 1. The number of piperazine rings is 1. The molecule has 2 unspecified atom stereocenters. The summed E-state index contributed by atoms with van der Waals surface area (Å²) in [6.07, 6.45) is 15.0. The molecule has 0 radical (unpaired) electrons. The highest BCUT2D eigenvalue weighted by atomic mass is 35.5. The van der Waals surface area contributed by atoms with Crippen molar-refractivity contribution in [2.75, 3.05) is 38.0 Å². The summed E-state index contributed by atoms with van der Waals surface area (Å²) in [5.41, 5.74) is 6.23. The van der Waals surface area contributed by atoms with Crippen LogP contribution >= 0.6 is 11.6 Å². The van der Waals surface area contributed by atoms with Crippen LogP contribution in [-0.2, 0) is 6.54 Å². The molecule has 1 saturated heterocycles. The van der Waals surface area contributed by atoms with E-state index in [2.05, 4.69) is 128 Å². The largest absolute Gasteiger partial charge is 0.369 e. The predicted octanol–water partition coefficient (Wildman–Crippen LogP) is 8.64. The van der Waals surface area contributed by atoms with Crippen LogP contribution in [0.15, 0.2) is 96.1 Å². The molecule has 0 saturated carbocycles. The molecule has 1 N–H and O–H groups in total. The number of halogens is 1. The Morgan fingerprint density at radius 2 is 1.74 bits per heavy atom. The standard InChI is InChI=1S/C37H48ClN5/c1-6-11-30(8-3)21-22-39-37-33-13-9-10-14-34(33)40-35(41-37)27-42-23-25-43(26-24-42)36(32-18-15-28(4)16-19-32)31(12-7-2)20-17-29(5)38/h6,8-20,29,36H,7,21-27H2,1-5H3,(H,39,40,41)/b11-6-,20-17-,30-8+,31-12+. The van der Waals surface area contributed by atoms with Gasteiger partial charge < -0.3 is 5.32 Å². The van der Waals surface area contributed by atoms with Crippen molar-refractivity contribution in [2.24, 2.45) is 0 Å². The van der Waals surface area contributed by atoms with Gasteiger partial charge in [-0.05, 0) is 63.8 Å². The maximum Gasteiger partial charge on any atom is 0.145 e. The van der Waals surface area contributed by atoms with Crippen LogP contribution in [0.3, 0.4) is 0 Å². The fourth-order valence-corrected chi connectivity index (χ4v) is 5.76. The van der Waals surface area contributed by atoms with Crippen molar-refractivity contribution >= 4 is 28.3 Å². The number of allylic oxidation sites excluding steroid dienone is 5. The average molecular weight is 598 g/mol. The number of aryl methyl sites for hydroxylation is 1. The number of anilines is 1. The van der Waals surface area contributed by atoms with Crippen LogP contribution < -0.4 is 5.32 Å². The van der Waals surface area contributed by atoms with E-state index in [0.29, 0.717) is 0 Å². The number of hydrogen-bond donors (Lipinski definition) is 1. The van der Waals surface area contributed by atoms with Gasteiger partial charge in [0.15, 0.2) is 0 Å². The summed E-state index contributed by atoms with van der Waals surface area (Å²) in [6.45, 7) is 16.0. The molecule has 1 aliphatic heterocycles. The minimum Gasteiger partial charge on any atom is -0.369 e. The molecule has 0 spiro atoms. The molecule has 3 aromatic rings. The zero-order chi connectivity index (χ0) is 30.6. The fourth-order valence-electron chi connectivity index (χ4n) is 5.69. The summed E-state index contributed by atoms with van der Waals surface area (Å²) < 4.78 is 0. The van der Waals surface area contributed by atoms with Gasteiger partial charge in [0.1, 0.15) is 11.6 Å². The third kappa shape index (κ3) is 9.37. The second-order valence-electron chi connectivity index (χ2n) is 11.3. The minimum atomic E-state index is -0.00422. The van der Waals surface area contributed by atoms with Crippen molar-refractivity contribution in [3.8, 4) is 0 Å². The molecular formula is C37H48ClN5. The lowest BCUT2D eigenvalue weighted by Gasteiger charge is -2.40. The van der Waals surface area contributed by atoms with Crippen LogP contribution in [0.2, 0.25) is 0 Å². The van der Waals surface area contributed by atoms with Gasteiger partial charge in [-0.1, -0.05) is 90.9 Å². The minimum absolute atomic E-state index is 0.00422. The number of nitrogens with zero attached hydrogens (tertiary/aromatic N) is 4. The van der Waals surface area contributed by atoms with Crippen molar-refractivity contribution in [1.82, 2.24) is 19.8 Å². The van der Waals surface area contributed by atoms with Crippen molar-refractivity contribution in [3.05, 3.63) is 113 Å². The first-order valence-electron chi connectivity index (χ1n) is 15.7. The maximum absolute atomic E-state index is 6.33. The summed E-state index contributed by atoms with van der Waals surface area (Å²) in [5.74, 6) is 1.79. The van der Waals surface area contributed by atoms with Gasteiger partial charge in [0.05, 0.1) is 18.1 Å². The summed E-state index contributed by atoms with van der Waals surface area (Å²) in [7, 11) is 0. The summed E-state index contributed by atoms with van der Waals surface area (Å²) in [5, 5.41) is 4.67. The van der Waals surface area contributed by atoms with E-state index in [1.807, 2.05) is 6.92 Å². The number of alkyl halides is 1. The van der Waals surface area contributed by atoms with E-state index in [4.69, 9.17) is 21.6 Å². The highest BCUT2D eigenvalue weighted by Gasteiger charge is 2.27. The third-order valence-corrected chi connectivity index (χ3v) is 8.09. The van der Waals surface area contributed by atoms with Crippen LogP contribution in [0.1, 0.15) is 63.5 Å². The molecule has 43 heavy (non-hydrogen) atoms. The number of aromatic nitrogens is 2. The monoisotopic (exact) mass is 597 g/mol. The molecule has 2 aromatic carbocycles. The Bertz CT molecular complexity index is 1430. The lowest BCUT2D eigenvalue weighted by Crippen LogP contribution is -2.47. The van der Waals surface area contributed by atoms with E-state index in [1.54, 1.807) is 0 Å². The molecule has 1 aliphatic rings. The van der Waals surface area contributed by atoms with Crippen LogP contribution in [-0.4, -0.2) is 57.9 Å². The zero-order valence-corrected chi connectivity index (χ0v) is 27.3. The van der Waals surface area contributed by atoms with E-state index < -0.39 is 0 Å². The van der Waals surface area contributed by atoms with Crippen molar-refractivity contribution in [1.29, 1.82) is 0 Å². The highest BCUT2D eigenvalue weighted by Crippen LogP contribution is 2.32. The van der Waals surface area contributed by atoms with Gasteiger partial charge in [-0.3, -0.25) is 9.80 Å². The molecular weight excluding hydrogens is 550 g/mol. The summed E-state index contributed by atoms with van der Waals surface area (Å²) >= 11 is 6.33. The van der Waals surface area contributed by atoms with Gasteiger partial charge in [-0.25, -0.2) is 9.97 Å². The van der Waals surface area contributed by atoms with Crippen molar-refractivity contribution in [2.45, 2.75) is 65.4 Å². The van der Waals surface area contributed by atoms with Gasteiger partial charge in [0, 0.05) is 43.5 Å². The van der Waals surface area contributed by atoms with Crippen molar-refractivity contribution in [3.63, 3.8) is 0 Å². The van der Waals surface area contributed by atoms with Gasteiger partial charge in [-0.15, -0.1) is 11.6 Å². The van der Waals surface area contributed by atoms with Gasteiger partial charge >= 0.3 is 0 Å². The highest BCUT2D eigenvalue weighted by molar-refractivity contribution is 6.21. The van der Waals surface area contributed by atoms with Crippen LogP contribution in [0.4, 0.5) is 5.82 Å². The number of benzene rings is 2. The Morgan fingerprint density at radius 3 is 2.42 bits per heavy atom. The summed E-state index contributed by atoms with van der Waals surface area (Å²) in [4.78, 5) is 15.1. The maximum atomic E-state index is 6.33. The van der Waals surface area contributed by atoms with E-state index >= 15 is 0 Å². The number of fused-ring (bicyclic) bond motifs is 1. The number of hydrogen-bond acceptors (Lipinski definition) is 5. The first-order chi connectivity index (χ1) is 20.9. The fraction of sp³-hybridized carbons (Fsp3) is 0.405. The Morgan fingerprint density at radius 1 is 1.00 bits per heavy atom. The average Bonchev–Trinajstić information content (AvgIpc) is 3.01. The van der Waals surface area contributed by atoms with Crippen LogP contribution in [0, 0.1) is 6.92 Å². The lowest BCUT2D eigenvalue weighted by molar-refractivity contribution is 0.103. The number of rotatable bonds is 13. The van der Waals surface area contributed by atoms with Crippen LogP contribution in [0.25, 0.3) is 10.9 Å². The van der Waals surface area contributed by atoms with E-state index in [1.165, 1.54) is 22.3 Å². The normalized spacial score (nSPS) is 17.3. The molecule has 1 fully saturated rings. The van der Waals surface area contributed by atoms with Gasteiger partial charge in [0.2, 0.25) is 0 Å². The van der Waals surface area contributed by atoms with Crippen LogP contribution in [0.5, 0.6) is 0 Å². The Balaban J connectivity index is 1.49. The van der Waals surface area contributed by atoms with Gasteiger partial charge in [-0.2, -0.15) is 0 Å². The van der Waals surface area contributed by atoms with E-state index in [-0.39, 0.29) is 11.4 Å². The molecule has 0 amide bonds. The summed E-state index contributed by atoms with van der Waals surface area (Å²) in [6, 6.07) is 17.5. The SMILES string of the molecule is C/C=C\C(=C/C)CCNc1nc(CN2CCN(C(C(/C=C\C(C)Cl)=C/CC)c3ccc(C)cc3)CC2)nc2ccccc12. The molecule has 4 rings (SSSR count). The topological polar surface area (TPSA) is 44.3 Å². The van der Waals surface area contributed by atoms with E-state index in [0.717, 1.165) is 74.7 Å². The Kier molecular flexibility index (Phi) is 12.6. The Hall–Kier alpha value is -3.25. The van der Waals surface area contributed by atoms with E-state index in [9.17, 15) is 0 Å². The molecule has 5 nitrogen and oxygen atoms in total. The predicted molar refractivity (Wildman–Crippen MR) is 185 cm³/mol. The Labute approximate surface area is 264 Å². The number of para-hydroxylation sites is 1. The quantitative estimate of drug-likeness (QED) is 0.158. The molecule has 1 aromatic heterocycles. The smallest absolute Gasteiger partial charge is 0.145 e. The zero-order valence-electron chi connectivity index (χ0n) is 26.6. The van der Waals surface area contributed by atoms with Gasteiger partial charge in [0.25, 0.3) is 0 Å². The molecule has 2 atom stereocenters. The second kappa shape index (κ2) is 16.6. The molecule has 6 heteroatoms. The molecule has 0 aliphatic carbocycles. The second-order valence-corrected chi connectivity index (χ2v) is 12.0. The first kappa shape index (κ1) is 32.7.